The van der Waals surface area contributed by atoms with Crippen LogP contribution in [-0.2, 0) is 6.42 Å². The van der Waals surface area contributed by atoms with E-state index >= 15 is 0 Å². The molecule has 0 amide bonds. The van der Waals surface area contributed by atoms with E-state index in [1.165, 1.54) is 0 Å². The molecule has 0 N–H and O–H groups in total. The van der Waals surface area contributed by atoms with Gasteiger partial charge in [-0.25, -0.2) is 0 Å². The molecule has 3 heteroatoms. The highest BCUT2D eigenvalue weighted by Crippen LogP contribution is 2.32. The number of hydrogen-bond donors (Lipinski definition) is 0. The number of ether oxygens (including phenoxy) is 2. The number of Topliss-reactive ketones (excluding diaryl/α,β-unsaturated/α-hetero) is 1. The zero-order valence-electron chi connectivity index (χ0n) is 10.6. The Morgan fingerprint density at radius 1 is 1.16 bits per heavy atom. The van der Waals surface area contributed by atoms with Crippen molar-refractivity contribution >= 4 is 5.78 Å². The van der Waals surface area contributed by atoms with Gasteiger partial charge in [-0.1, -0.05) is 30.3 Å². The largest absolute Gasteiger partial charge is 0.497 e. The lowest BCUT2D eigenvalue weighted by Gasteiger charge is -2.08. The minimum Gasteiger partial charge on any atom is -0.497 e. The SMILES string of the molecule is COc1ccc2c(c1)C(=O)[C@@H](Cc1ccccc1)O2. The summed E-state index contributed by atoms with van der Waals surface area (Å²) in [5.74, 6) is 1.35. The second-order valence-electron chi connectivity index (χ2n) is 4.52. The first-order valence-corrected chi connectivity index (χ1v) is 6.21. The van der Waals surface area contributed by atoms with Crippen LogP contribution in [0.3, 0.4) is 0 Å². The molecule has 96 valence electrons. The first-order chi connectivity index (χ1) is 9.28. The highest BCUT2D eigenvalue weighted by molar-refractivity contribution is 6.05. The van der Waals surface area contributed by atoms with Gasteiger partial charge in [0.25, 0.3) is 0 Å². The third-order valence-corrected chi connectivity index (χ3v) is 3.28. The molecule has 0 spiro atoms. The van der Waals surface area contributed by atoms with Gasteiger partial charge in [-0.3, -0.25) is 4.79 Å². The number of hydrogen-bond acceptors (Lipinski definition) is 3. The first kappa shape index (κ1) is 11.8. The molecule has 0 radical (unpaired) electrons. The van der Waals surface area contributed by atoms with E-state index in [0.717, 1.165) is 5.56 Å². The van der Waals surface area contributed by atoms with Gasteiger partial charge in [0.1, 0.15) is 11.5 Å². The molecular weight excluding hydrogens is 240 g/mol. The molecule has 1 aliphatic heterocycles. The van der Waals surface area contributed by atoms with Crippen LogP contribution in [0, 0.1) is 0 Å². The Balaban J connectivity index is 1.83. The van der Waals surface area contributed by atoms with Gasteiger partial charge in [0.15, 0.2) is 6.10 Å². The van der Waals surface area contributed by atoms with Crippen LogP contribution in [-0.4, -0.2) is 19.0 Å². The Bertz CT molecular complexity index is 605. The molecule has 0 saturated heterocycles. The first-order valence-electron chi connectivity index (χ1n) is 6.21. The number of methoxy groups -OCH3 is 1. The summed E-state index contributed by atoms with van der Waals surface area (Å²) in [6.07, 6.45) is 0.168. The maximum atomic E-state index is 12.3. The molecule has 0 saturated carbocycles. The van der Waals surface area contributed by atoms with Crippen LogP contribution < -0.4 is 9.47 Å². The summed E-state index contributed by atoms with van der Waals surface area (Å²) in [6.45, 7) is 0. The molecule has 2 aromatic rings. The predicted octanol–water partition coefficient (Wildman–Crippen LogP) is 2.88. The van der Waals surface area contributed by atoms with E-state index in [1.807, 2.05) is 30.3 Å². The van der Waals surface area contributed by atoms with E-state index < -0.39 is 6.10 Å². The average Bonchev–Trinajstić information content (AvgIpc) is 2.76. The maximum Gasteiger partial charge on any atom is 0.207 e. The molecule has 0 aliphatic carbocycles. The average molecular weight is 254 g/mol. The van der Waals surface area contributed by atoms with Gasteiger partial charge in [0.2, 0.25) is 5.78 Å². The lowest BCUT2D eigenvalue weighted by Crippen LogP contribution is -2.23. The summed E-state index contributed by atoms with van der Waals surface area (Å²) >= 11 is 0. The molecule has 1 heterocycles. The van der Waals surface area contributed by atoms with E-state index in [4.69, 9.17) is 9.47 Å². The Morgan fingerprint density at radius 3 is 2.68 bits per heavy atom. The van der Waals surface area contributed by atoms with Crippen LogP contribution in [0.5, 0.6) is 11.5 Å². The van der Waals surface area contributed by atoms with Crippen molar-refractivity contribution < 1.29 is 14.3 Å². The molecule has 0 bridgehead atoms. The van der Waals surface area contributed by atoms with Gasteiger partial charge >= 0.3 is 0 Å². The second kappa shape index (κ2) is 4.76. The van der Waals surface area contributed by atoms with Crippen LogP contribution >= 0.6 is 0 Å². The van der Waals surface area contributed by atoms with Crippen molar-refractivity contribution in [3.63, 3.8) is 0 Å². The predicted molar refractivity (Wildman–Crippen MR) is 71.9 cm³/mol. The molecule has 0 unspecified atom stereocenters. The van der Waals surface area contributed by atoms with Crippen molar-refractivity contribution in [3.8, 4) is 11.5 Å². The van der Waals surface area contributed by atoms with Crippen LogP contribution in [0.25, 0.3) is 0 Å². The third kappa shape index (κ3) is 2.19. The monoisotopic (exact) mass is 254 g/mol. The highest BCUT2D eigenvalue weighted by atomic mass is 16.5. The van der Waals surface area contributed by atoms with Gasteiger partial charge in [-0.15, -0.1) is 0 Å². The summed E-state index contributed by atoms with van der Waals surface area (Å²) in [4.78, 5) is 12.3. The van der Waals surface area contributed by atoms with Crippen molar-refractivity contribution in [2.24, 2.45) is 0 Å². The van der Waals surface area contributed by atoms with Crippen molar-refractivity contribution in [1.82, 2.24) is 0 Å². The van der Waals surface area contributed by atoms with Crippen LogP contribution in [0.4, 0.5) is 0 Å². The fourth-order valence-corrected chi connectivity index (χ4v) is 2.27. The summed E-state index contributed by atoms with van der Waals surface area (Å²) < 4.78 is 10.9. The van der Waals surface area contributed by atoms with Crippen molar-refractivity contribution in [3.05, 3.63) is 59.7 Å². The molecule has 3 nitrogen and oxygen atoms in total. The van der Waals surface area contributed by atoms with Gasteiger partial charge in [-0.2, -0.15) is 0 Å². The summed E-state index contributed by atoms with van der Waals surface area (Å²) in [6, 6.07) is 15.2. The molecule has 0 aromatic heterocycles. The van der Waals surface area contributed by atoms with E-state index in [0.29, 0.717) is 23.5 Å². The van der Waals surface area contributed by atoms with Gasteiger partial charge in [-0.05, 0) is 23.8 Å². The molecule has 2 aromatic carbocycles. The van der Waals surface area contributed by atoms with Crippen LogP contribution in [0.2, 0.25) is 0 Å². The minimum atomic E-state index is -0.426. The second-order valence-corrected chi connectivity index (χ2v) is 4.52. The molecular formula is C16H14O3. The maximum absolute atomic E-state index is 12.3. The number of carbonyl (C=O) groups excluding carboxylic acids is 1. The smallest absolute Gasteiger partial charge is 0.207 e. The van der Waals surface area contributed by atoms with Crippen molar-refractivity contribution in [2.45, 2.75) is 12.5 Å². The fraction of sp³-hybridized carbons (Fsp3) is 0.188. The molecule has 3 rings (SSSR count). The summed E-state index contributed by atoms with van der Waals surface area (Å²) in [7, 11) is 1.59. The Morgan fingerprint density at radius 2 is 1.95 bits per heavy atom. The quantitative estimate of drug-likeness (QED) is 0.844. The van der Waals surface area contributed by atoms with E-state index in [9.17, 15) is 4.79 Å². The molecule has 1 atom stereocenters. The Hall–Kier alpha value is -2.29. The highest BCUT2D eigenvalue weighted by Gasteiger charge is 2.32. The summed E-state index contributed by atoms with van der Waals surface area (Å²) in [5.41, 5.74) is 1.71. The minimum absolute atomic E-state index is 0.0257. The Kier molecular flexibility index (Phi) is 2.95. The Labute approximate surface area is 111 Å². The zero-order valence-corrected chi connectivity index (χ0v) is 10.6. The normalized spacial score (nSPS) is 16.9. The molecule has 19 heavy (non-hydrogen) atoms. The standard InChI is InChI=1S/C16H14O3/c1-18-12-7-8-14-13(10-12)16(17)15(19-14)9-11-5-3-2-4-6-11/h2-8,10,15H,9H2,1H3/t15-/m1/s1. The fourth-order valence-electron chi connectivity index (χ4n) is 2.27. The molecule has 0 fully saturated rings. The van der Waals surface area contributed by atoms with Crippen molar-refractivity contribution in [2.75, 3.05) is 7.11 Å². The lowest BCUT2D eigenvalue weighted by atomic mass is 10.0. The number of rotatable bonds is 3. The number of benzene rings is 2. The number of ketones is 1. The van der Waals surface area contributed by atoms with Gasteiger partial charge in [0, 0.05) is 6.42 Å². The number of fused-ring (bicyclic) bond motifs is 1. The summed E-state index contributed by atoms with van der Waals surface area (Å²) in [5, 5.41) is 0. The van der Waals surface area contributed by atoms with Crippen LogP contribution in [0.1, 0.15) is 15.9 Å². The number of carbonyl (C=O) groups is 1. The van der Waals surface area contributed by atoms with E-state index in [2.05, 4.69) is 0 Å². The third-order valence-electron chi connectivity index (χ3n) is 3.28. The molecule has 1 aliphatic rings. The van der Waals surface area contributed by atoms with Gasteiger partial charge < -0.3 is 9.47 Å². The van der Waals surface area contributed by atoms with Crippen molar-refractivity contribution in [1.29, 1.82) is 0 Å². The van der Waals surface area contributed by atoms with E-state index in [-0.39, 0.29) is 5.78 Å². The van der Waals surface area contributed by atoms with Crippen LogP contribution in [0.15, 0.2) is 48.5 Å². The van der Waals surface area contributed by atoms with Gasteiger partial charge in [0.05, 0.1) is 12.7 Å². The topological polar surface area (TPSA) is 35.5 Å². The van der Waals surface area contributed by atoms with E-state index in [1.54, 1.807) is 25.3 Å². The lowest BCUT2D eigenvalue weighted by molar-refractivity contribution is 0.0857. The zero-order chi connectivity index (χ0) is 13.2.